The van der Waals surface area contributed by atoms with Gasteiger partial charge in [0.15, 0.2) is 0 Å². The van der Waals surface area contributed by atoms with E-state index in [9.17, 15) is 0 Å². The molecule has 0 aromatic carbocycles. The van der Waals surface area contributed by atoms with Crippen molar-refractivity contribution in [1.29, 1.82) is 0 Å². The van der Waals surface area contributed by atoms with Crippen molar-refractivity contribution in [2.75, 3.05) is 0 Å². The van der Waals surface area contributed by atoms with Crippen molar-refractivity contribution >= 4 is 0 Å². The predicted molar refractivity (Wildman–Crippen MR) is 50.9 cm³/mol. The molecule has 0 saturated heterocycles. The third-order valence-electron chi connectivity index (χ3n) is 1.85. The molecule has 12 heavy (non-hydrogen) atoms. The number of aryl methyl sites for hydroxylation is 2. The van der Waals surface area contributed by atoms with E-state index in [2.05, 4.69) is 17.1 Å². The zero-order chi connectivity index (χ0) is 8.97. The summed E-state index contributed by atoms with van der Waals surface area (Å²) < 4.78 is 0. The van der Waals surface area contributed by atoms with Crippen LogP contribution in [0.15, 0.2) is 18.3 Å². The second kappa shape index (κ2) is 4.21. The first-order chi connectivity index (χ1) is 5.68. The summed E-state index contributed by atoms with van der Waals surface area (Å²) in [6, 6.07) is 4.45. The number of hydrogen-bond donors (Lipinski definition) is 1. The minimum absolute atomic E-state index is 0.290. The van der Waals surface area contributed by atoms with Crippen LogP contribution in [0.2, 0.25) is 0 Å². The molecule has 2 nitrogen and oxygen atoms in total. The molecule has 2 N–H and O–H groups in total. The predicted octanol–water partition coefficient (Wildman–Crippen LogP) is 1.67. The lowest BCUT2D eigenvalue weighted by Gasteiger charge is -2.04. The van der Waals surface area contributed by atoms with Gasteiger partial charge in [0.25, 0.3) is 0 Å². The standard InChI is InChI=1S/C10H16N2/c1-8(11)3-4-10-5-6-12-9(2)7-10/h5-8H,3-4,11H2,1-2H3. The van der Waals surface area contributed by atoms with Crippen LogP contribution in [0.25, 0.3) is 0 Å². The molecule has 1 heterocycles. The Bertz CT molecular complexity index is 243. The number of rotatable bonds is 3. The number of pyridine rings is 1. The quantitative estimate of drug-likeness (QED) is 0.738. The smallest absolute Gasteiger partial charge is 0.0375 e. The minimum Gasteiger partial charge on any atom is -0.328 e. The molecule has 0 fully saturated rings. The summed E-state index contributed by atoms with van der Waals surface area (Å²) in [5.74, 6) is 0. The lowest BCUT2D eigenvalue weighted by molar-refractivity contribution is 0.665. The van der Waals surface area contributed by atoms with E-state index in [0.29, 0.717) is 6.04 Å². The highest BCUT2D eigenvalue weighted by atomic mass is 14.6. The minimum atomic E-state index is 0.290. The van der Waals surface area contributed by atoms with Crippen molar-refractivity contribution in [3.8, 4) is 0 Å². The summed E-state index contributed by atoms with van der Waals surface area (Å²) in [6.45, 7) is 4.05. The molecule has 1 atom stereocenters. The molecule has 1 aromatic rings. The average Bonchev–Trinajstić information content (AvgIpc) is 2.01. The first kappa shape index (κ1) is 9.20. The molecule has 0 saturated carbocycles. The SMILES string of the molecule is Cc1cc(CCC(C)N)ccn1. The van der Waals surface area contributed by atoms with E-state index in [0.717, 1.165) is 18.5 Å². The summed E-state index contributed by atoms with van der Waals surface area (Å²) in [6.07, 6.45) is 3.95. The summed E-state index contributed by atoms with van der Waals surface area (Å²) in [5.41, 5.74) is 8.08. The van der Waals surface area contributed by atoms with Gasteiger partial charge in [-0.25, -0.2) is 0 Å². The van der Waals surface area contributed by atoms with E-state index in [-0.39, 0.29) is 0 Å². The van der Waals surface area contributed by atoms with Gasteiger partial charge in [0, 0.05) is 17.9 Å². The van der Waals surface area contributed by atoms with Gasteiger partial charge >= 0.3 is 0 Å². The third kappa shape index (κ3) is 3.01. The molecule has 66 valence electrons. The van der Waals surface area contributed by atoms with Gasteiger partial charge in [-0.2, -0.15) is 0 Å². The fraction of sp³-hybridized carbons (Fsp3) is 0.500. The Morgan fingerprint density at radius 1 is 1.58 bits per heavy atom. The van der Waals surface area contributed by atoms with E-state index < -0.39 is 0 Å². The highest BCUT2D eigenvalue weighted by Gasteiger charge is 1.96. The van der Waals surface area contributed by atoms with Gasteiger partial charge in [0.05, 0.1) is 0 Å². The Labute approximate surface area is 73.8 Å². The van der Waals surface area contributed by atoms with Crippen LogP contribution in [0.4, 0.5) is 0 Å². The zero-order valence-electron chi connectivity index (χ0n) is 7.75. The van der Waals surface area contributed by atoms with Gasteiger partial charge in [-0.1, -0.05) is 0 Å². The number of nitrogens with two attached hydrogens (primary N) is 1. The van der Waals surface area contributed by atoms with Crippen molar-refractivity contribution in [3.63, 3.8) is 0 Å². The molecule has 0 radical (unpaired) electrons. The summed E-state index contributed by atoms with van der Waals surface area (Å²) in [5, 5.41) is 0. The first-order valence-electron chi connectivity index (χ1n) is 4.35. The van der Waals surface area contributed by atoms with Crippen molar-refractivity contribution in [3.05, 3.63) is 29.6 Å². The maximum Gasteiger partial charge on any atom is 0.0375 e. The van der Waals surface area contributed by atoms with Gasteiger partial charge in [-0.3, -0.25) is 4.98 Å². The van der Waals surface area contributed by atoms with Crippen LogP contribution in [0.3, 0.4) is 0 Å². The van der Waals surface area contributed by atoms with Crippen LogP contribution in [-0.2, 0) is 6.42 Å². The van der Waals surface area contributed by atoms with Crippen LogP contribution in [0.5, 0.6) is 0 Å². The molecule has 0 amide bonds. The second-order valence-corrected chi connectivity index (χ2v) is 3.32. The molecule has 0 spiro atoms. The largest absolute Gasteiger partial charge is 0.328 e. The third-order valence-corrected chi connectivity index (χ3v) is 1.85. The van der Waals surface area contributed by atoms with E-state index in [1.807, 2.05) is 20.0 Å². The Balaban J connectivity index is 2.52. The highest BCUT2D eigenvalue weighted by Crippen LogP contribution is 2.04. The lowest BCUT2D eigenvalue weighted by atomic mass is 10.1. The van der Waals surface area contributed by atoms with Crippen LogP contribution >= 0.6 is 0 Å². The number of aromatic nitrogens is 1. The molecular weight excluding hydrogens is 148 g/mol. The van der Waals surface area contributed by atoms with E-state index in [1.165, 1.54) is 5.56 Å². The lowest BCUT2D eigenvalue weighted by Crippen LogP contribution is -2.15. The summed E-state index contributed by atoms with van der Waals surface area (Å²) in [4.78, 5) is 4.14. The molecular formula is C10H16N2. The van der Waals surface area contributed by atoms with E-state index in [1.54, 1.807) is 0 Å². The summed E-state index contributed by atoms with van der Waals surface area (Å²) in [7, 11) is 0. The summed E-state index contributed by atoms with van der Waals surface area (Å²) >= 11 is 0. The Morgan fingerprint density at radius 3 is 2.92 bits per heavy atom. The molecule has 1 unspecified atom stereocenters. The second-order valence-electron chi connectivity index (χ2n) is 3.32. The maximum absolute atomic E-state index is 5.66. The molecule has 2 heteroatoms. The maximum atomic E-state index is 5.66. The van der Waals surface area contributed by atoms with Crippen LogP contribution in [0.1, 0.15) is 24.6 Å². The molecule has 1 rings (SSSR count). The molecule has 0 aliphatic carbocycles. The number of nitrogens with zero attached hydrogens (tertiary/aromatic N) is 1. The monoisotopic (exact) mass is 164 g/mol. The molecule has 0 aliphatic rings. The molecule has 0 bridgehead atoms. The van der Waals surface area contributed by atoms with Crippen LogP contribution in [-0.4, -0.2) is 11.0 Å². The van der Waals surface area contributed by atoms with Gasteiger partial charge < -0.3 is 5.73 Å². The van der Waals surface area contributed by atoms with Crippen molar-refractivity contribution < 1.29 is 0 Å². The van der Waals surface area contributed by atoms with E-state index in [4.69, 9.17) is 5.73 Å². The van der Waals surface area contributed by atoms with Gasteiger partial charge in [0.1, 0.15) is 0 Å². The van der Waals surface area contributed by atoms with Crippen molar-refractivity contribution in [2.45, 2.75) is 32.7 Å². The van der Waals surface area contributed by atoms with Gasteiger partial charge in [-0.05, 0) is 44.4 Å². The molecule has 0 aliphatic heterocycles. The highest BCUT2D eigenvalue weighted by molar-refractivity contribution is 5.15. The van der Waals surface area contributed by atoms with E-state index >= 15 is 0 Å². The van der Waals surface area contributed by atoms with Crippen LogP contribution < -0.4 is 5.73 Å². The van der Waals surface area contributed by atoms with Crippen molar-refractivity contribution in [1.82, 2.24) is 4.98 Å². The Kier molecular flexibility index (Phi) is 3.23. The fourth-order valence-corrected chi connectivity index (χ4v) is 1.15. The fourth-order valence-electron chi connectivity index (χ4n) is 1.15. The van der Waals surface area contributed by atoms with Crippen molar-refractivity contribution in [2.24, 2.45) is 5.73 Å². The first-order valence-corrected chi connectivity index (χ1v) is 4.35. The Morgan fingerprint density at radius 2 is 2.33 bits per heavy atom. The number of hydrogen-bond acceptors (Lipinski definition) is 2. The normalized spacial score (nSPS) is 12.9. The Hall–Kier alpha value is -0.890. The molecule has 1 aromatic heterocycles. The van der Waals surface area contributed by atoms with Gasteiger partial charge in [-0.15, -0.1) is 0 Å². The topological polar surface area (TPSA) is 38.9 Å². The van der Waals surface area contributed by atoms with Crippen LogP contribution in [0, 0.1) is 6.92 Å². The van der Waals surface area contributed by atoms with Gasteiger partial charge in [0.2, 0.25) is 0 Å². The average molecular weight is 164 g/mol. The zero-order valence-corrected chi connectivity index (χ0v) is 7.75.